The average Bonchev–Trinajstić information content (AvgIpc) is 2.99. The van der Waals surface area contributed by atoms with Gasteiger partial charge in [-0.1, -0.05) is 17.7 Å². The van der Waals surface area contributed by atoms with Gasteiger partial charge >= 0.3 is 0 Å². The Labute approximate surface area is 138 Å². The number of fused-ring (bicyclic) bond motifs is 1. The number of benzene rings is 1. The van der Waals surface area contributed by atoms with E-state index in [1.54, 1.807) is 22.8 Å². The summed E-state index contributed by atoms with van der Waals surface area (Å²) in [5.41, 5.74) is 0.963. The second kappa shape index (κ2) is 6.61. The molecule has 0 spiro atoms. The second-order valence-corrected chi connectivity index (χ2v) is 7.13. The molecule has 0 unspecified atom stereocenters. The zero-order chi connectivity index (χ0) is 16.3. The first-order valence-electron chi connectivity index (χ1n) is 6.94. The molecule has 3 rings (SSSR count). The molecule has 0 amide bonds. The van der Waals surface area contributed by atoms with Gasteiger partial charge in [-0.25, -0.2) is 22.6 Å². The lowest BCUT2D eigenvalue weighted by molar-refractivity contribution is 0.579. The van der Waals surface area contributed by atoms with Crippen LogP contribution in [-0.2, 0) is 16.4 Å². The van der Waals surface area contributed by atoms with Crippen LogP contribution in [0.4, 0.5) is 0 Å². The summed E-state index contributed by atoms with van der Waals surface area (Å²) in [6.07, 6.45) is 6.31. The van der Waals surface area contributed by atoms with Crippen LogP contribution in [-0.4, -0.2) is 34.5 Å². The van der Waals surface area contributed by atoms with Crippen LogP contribution in [0.1, 0.15) is 12.0 Å². The molecule has 2 aromatic heterocycles. The van der Waals surface area contributed by atoms with Gasteiger partial charge in [0.2, 0.25) is 10.0 Å². The largest absolute Gasteiger partial charge is 0.252 e. The van der Waals surface area contributed by atoms with Crippen molar-refractivity contribution in [2.24, 2.45) is 0 Å². The molecule has 120 valence electrons. The summed E-state index contributed by atoms with van der Waals surface area (Å²) in [5.74, 6) is 0.537. The number of aryl methyl sites for hydroxylation is 1. The number of hydrogen-bond donors (Lipinski definition) is 1. The highest BCUT2D eigenvalue weighted by Gasteiger charge is 2.13. The van der Waals surface area contributed by atoms with Crippen LogP contribution in [0.15, 0.2) is 47.9 Å². The summed E-state index contributed by atoms with van der Waals surface area (Å²) in [7, 11) is -3.54. The fraction of sp³-hybridized carbons (Fsp3) is 0.214. The van der Waals surface area contributed by atoms with E-state index in [-0.39, 0.29) is 4.90 Å². The van der Waals surface area contributed by atoms with Crippen molar-refractivity contribution in [2.45, 2.75) is 17.7 Å². The molecule has 1 aromatic carbocycles. The number of sulfonamides is 1. The van der Waals surface area contributed by atoms with E-state index in [0.717, 1.165) is 5.56 Å². The molecular formula is C14H14ClN5O2S. The molecule has 0 saturated heterocycles. The molecule has 0 radical (unpaired) electrons. The first-order valence-corrected chi connectivity index (χ1v) is 8.80. The van der Waals surface area contributed by atoms with E-state index >= 15 is 0 Å². The molecule has 0 aliphatic rings. The second-order valence-electron chi connectivity index (χ2n) is 4.93. The fourth-order valence-corrected chi connectivity index (χ4v) is 3.48. The predicted molar refractivity (Wildman–Crippen MR) is 85.7 cm³/mol. The first kappa shape index (κ1) is 15.9. The van der Waals surface area contributed by atoms with E-state index < -0.39 is 10.0 Å². The van der Waals surface area contributed by atoms with Gasteiger partial charge in [0.25, 0.3) is 5.78 Å². The smallest absolute Gasteiger partial charge is 0.219 e. The quantitative estimate of drug-likeness (QED) is 0.682. The highest BCUT2D eigenvalue weighted by molar-refractivity contribution is 7.89. The van der Waals surface area contributed by atoms with E-state index in [1.807, 2.05) is 6.20 Å². The molecule has 0 aliphatic heterocycles. The number of aromatic nitrogens is 4. The molecule has 3 aromatic rings. The Kier molecular flexibility index (Phi) is 4.56. The van der Waals surface area contributed by atoms with Crippen molar-refractivity contribution in [1.29, 1.82) is 0 Å². The first-order chi connectivity index (χ1) is 11.0. The maximum atomic E-state index is 12.1. The Hall–Kier alpha value is -2.03. The van der Waals surface area contributed by atoms with Crippen molar-refractivity contribution >= 4 is 27.4 Å². The van der Waals surface area contributed by atoms with E-state index in [1.165, 1.54) is 18.5 Å². The van der Waals surface area contributed by atoms with Crippen LogP contribution in [0.2, 0.25) is 5.02 Å². The summed E-state index contributed by atoms with van der Waals surface area (Å²) < 4.78 is 28.4. The summed E-state index contributed by atoms with van der Waals surface area (Å²) in [4.78, 5) is 8.29. The lowest BCUT2D eigenvalue weighted by Crippen LogP contribution is -2.25. The Morgan fingerprint density at radius 3 is 2.96 bits per heavy atom. The number of halogens is 1. The zero-order valence-electron chi connectivity index (χ0n) is 12.1. The van der Waals surface area contributed by atoms with E-state index in [0.29, 0.717) is 30.2 Å². The molecule has 9 heteroatoms. The minimum Gasteiger partial charge on any atom is -0.219 e. The summed E-state index contributed by atoms with van der Waals surface area (Å²) in [5, 5.41) is 4.40. The standard InChI is InChI=1S/C14H14ClN5O2S/c15-12-4-1-5-13(7-12)23(21,22)19-6-2-3-11-8-16-14-17-10-18-20(14)9-11/h1,4-5,7-10,19H,2-3,6H2. The van der Waals surface area contributed by atoms with Crippen molar-refractivity contribution in [3.05, 3.63) is 53.6 Å². The Balaban J connectivity index is 1.56. The highest BCUT2D eigenvalue weighted by Crippen LogP contribution is 2.15. The molecule has 0 bridgehead atoms. The van der Waals surface area contributed by atoms with E-state index in [4.69, 9.17) is 11.6 Å². The number of nitrogens with one attached hydrogen (secondary N) is 1. The predicted octanol–water partition coefficient (Wildman–Crippen LogP) is 1.69. The average molecular weight is 352 g/mol. The minimum absolute atomic E-state index is 0.163. The highest BCUT2D eigenvalue weighted by atomic mass is 35.5. The van der Waals surface area contributed by atoms with Crippen molar-refractivity contribution in [1.82, 2.24) is 24.3 Å². The van der Waals surface area contributed by atoms with Crippen molar-refractivity contribution in [3.8, 4) is 0 Å². The van der Waals surface area contributed by atoms with Gasteiger partial charge in [0.1, 0.15) is 6.33 Å². The van der Waals surface area contributed by atoms with Crippen molar-refractivity contribution in [2.75, 3.05) is 6.54 Å². The van der Waals surface area contributed by atoms with Crippen LogP contribution in [0, 0.1) is 0 Å². The van der Waals surface area contributed by atoms with Crippen LogP contribution >= 0.6 is 11.6 Å². The molecule has 2 heterocycles. The van der Waals surface area contributed by atoms with Crippen molar-refractivity contribution < 1.29 is 8.42 Å². The number of hydrogen-bond acceptors (Lipinski definition) is 5. The summed E-state index contributed by atoms with van der Waals surface area (Å²) >= 11 is 5.82. The molecule has 23 heavy (non-hydrogen) atoms. The summed E-state index contributed by atoms with van der Waals surface area (Å²) in [6.45, 7) is 0.324. The van der Waals surface area contributed by atoms with Gasteiger partial charge in [-0.2, -0.15) is 10.1 Å². The number of rotatable bonds is 6. The monoisotopic (exact) mass is 351 g/mol. The Bertz CT molecular complexity index is 926. The maximum Gasteiger partial charge on any atom is 0.252 e. The normalized spacial score (nSPS) is 11.9. The van der Waals surface area contributed by atoms with Crippen molar-refractivity contribution in [3.63, 3.8) is 0 Å². The molecule has 0 saturated carbocycles. The van der Waals surface area contributed by atoms with Gasteiger partial charge < -0.3 is 0 Å². The van der Waals surface area contributed by atoms with Gasteiger partial charge in [0.15, 0.2) is 0 Å². The van der Waals surface area contributed by atoms with Gasteiger partial charge in [-0.15, -0.1) is 0 Å². The van der Waals surface area contributed by atoms with Crippen LogP contribution in [0.3, 0.4) is 0 Å². The lowest BCUT2D eigenvalue weighted by Gasteiger charge is -2.07. The Morgan fingerprint density at radius 1 is 1.26 bits per heavy atom. The van der Waals surface area contributed by atoms with E-state index in [2.05, 4.69) is 19.8 Å². The van der Waals surface area contributed by atoms with Gasteiger partial charge in [-0.05, 0) is 36.6 Å². The summed E-state index contributed by atoms with van der Waals surface area (Å²) in [6, 6.07) is 6.17. The van der Waals surface area contributed by atoms with Crippen LogP contribution in [0.25, 0.3) is 5.78 Å². The fourth-order valence-electron chi connectivity index (χ4n) is 2.10. The zero-order valence-corrected chi connectivity index (χ0v) is 13.6. The lowest BCUT2D eigenvalue weighted by atomic mass is 10.2. The van der Waals surface area contributed by atoms with E-state index in [9.17, 15) is 8.42 Å². The minimum atomic E-state index is -3.54. The van der Waals surface area contributed by atoms with Gasteiger partial charge in [0, 0.05) is 24.0 Å². The molecule has 1 N–H and O–H groups in total. The molecule has 7 nitrogen and oxygen atoms in total. The SMILES string of the molecule is O=S(=O)(NCCCc1cnc2ncnn2c1)c1cccc(Cl)c1. The molecule has 0 fully saturated rings. The van der Waals surface area contributed by atoms with Gasteiger partial charge in [-0.3, -0.25) is 0 Å². The molecule has 0 aliphatic carbocycles. The third-order valence-electron chi connectivity index (χ3n) is 3.23. The van der Waals surface area contributed by atoms with Crippen LogP contribution in [0.5, 0.6) is 0 Å². The maximum absolute atomic E-state index is 12.1. The molecular weight excluding hydrogens is 338 g/mol. The number of nitrogens with zero attached hydrogens (tertiary/aromatic N) is 4. The van der Waals surface area contributed by atoms with Crippen LogP contribution < -0.4 is 4.72 Å². The third-order valence-corrected chi connectivity index (χ3v) is 4.92. The Morgan fingerprint density at radius 2 is 2.13 bits per heavy atom. The third kappa shape index (κ3) is 3.84. The van der Waals surface area contributed by atoms with Gasteiger partial charge in [0.05, 0.1) is 4.90 Å². The molecule has 0 atom stereocenters. The topological polar surface area (TPSA) is 89.2 Å².